The summed E-state index contributed by atoms with van der Waals surface area (Å²) in [6.07, 6.45) is 1.59. The predicted octanol–water partition coefficient (Wildman–Crippen LogP) is 1.08. The second-order valence-electron chi connectivity index (χ2n) is 4.50. The van der Waals surface area contributed by atoms with Gasteiger partial charge >= 0.3 is 5.97 Å². The van der Waals surface area contributed by atoms with Crippen molar-refractivity contribution in [2.24, 2.45) is 0 Å². The zero-order valence-electron chi connectivity index (χ0n) is 11.8. The van der Waals surface area contributed by atoms with Crippen LogP contribution in [-0.4, -0.2) is 28.9 Å². The van der Waals surface area contributed by atoms with Crippen LogP contribution >= 0.6 is 0 Å². The Kier molecular flexibility index (Phi) is 6.13. The van der Waals surface area contributed by atoms with E-state index in [4.69, 9.17) is 5.11 Å². The maximum atomic E-state index is 11.9. The fourth-order valence-electron chi connectivity index (χ4n) is 1.63. The summed E-state index contributed by atoms with van der Waals surface area (Å²) in [6.45, 7) is 5.26. The molecule has 0 saturated carbocycles. The minimum Gasteiger partial charge on any atom is -0.480 e. The van der Waals surface area contributed by atoms with Crippen LogP contribution in [0, 0.1) is 0 Å². The number of amides is 2. The molecule has 1 aromatic carbocycles. The van der Waals surface area contributed by atoms with E-state index in [1.165, 1.54) is 13.0 Å². The Morgan fingerprint density at radius 2 is 1.90 bits per heavy atom. The number of hydrogen-bond donors (Lipinski definition) is 3. The highest BCUT2D eigenvalue weighted by Crippen LogP contribution is 2.05. The number of hydrogen-bond acceptors (Lipinski definition) is 3. The molecular formula is C15H18N2O4. The molecule has 1 unspecified atom stereocenters. The van der Waals surface area contributed by atoms with Gasteiger partial charge in [-0.3, -0.25) is 9.59 Å². The van der Waals surface area contributed by atoms with Crippen molar-refractivity contribution in [3.8, 4) is 0 Å². The van der Waals surface area contributed by atoms with Crippen molar-refractivity contribution in [2.45, 2.75) is 25.9 Å². The van der Waals surface area contributed by atoms with Gasteiger partial charge in [0, 0.05) is 19.0 Å². The molecule has 21 heavy (non-hydrogen) atoms. The summed E-state index contributed by atoms with van der Waals surface area (Å²) in [5, 5.41) is 14.0. The van der Waals surface area contributed by atoms with Gasteiger partial charge in [0.25, 0.3) is 5.91 Å². The third-order valence-electron chi connectivity index (χ3n) is 2.76. The van der Waals surface area contributed by atoms with E-state index in [9.17, 15) is 14.4 Å². The number of benzene rings is 1. The van der Waals surface area contributed by atoms with Gasteiger partial charge in [0.15, 0.2) is 0 Å². The highest BCUT2D eigenvalue weighted by molar-refractivity contribution is 5.96. The van der Waals surface area contributed by atoms with E-state index in [0.717, 1.165) is 5.56 Å². The number of carbonyl (C=O) groups excluding carboxylic acids is 2. The zero-order valence-corrected chi connectivity index (χ0v) is 11.8. The Hall–Kier alpha value is -2.63. The Balaban J connectivity index is 2.67. The van der Waals surface area contributed by atoms with Crippen LogP contribution in [0.2, 0.25) is 0 Å². The average Bonchev–Trinajstić information content (AvgIpc) is 2.45. The number of nitrogens with one attached hydrogen (secondary N) is 2. The van der Waals surface area contributed by atoms with Crippen LogP contribution in [0.5, 0.6) is 0 Å². The van der Waals surface area contributed by atoms with Crippen LogP contribution in [0.1, 0.15) is 29.3 Å². The molecule has 1 rings (SSSR count). The van der Waals surface area contributed by atoms with Crippen molar-refractivity contribution in [1.82, 2.24) is 10.6 Å². The molecule has 112 valence electrons. The molecule has 0 aromatic heterocycles. The summed E-state index contributed by atoms with van der Waals surface area (Å²) in [5.41, 5.74) is 1.21. The summed E-state index contributed by atoms with van der Waals surface area (Å²) >= 11 is 0. The maximum absolute atomic E-state index is 11.9. The topological polar surface area (TPSA) is 95.5 Å². The van der Waals surface area contributed by atoms with E-state index in [0.29, 0.717) is 12.1 Å². The third kappa shape index (κ3) is 5.48. The number of carboxylic acid groups (broad SMARTS) is 1. The molecule has 0 heterocycles. The normalized spacial score (nSPS) is 11.3. The minimum atomic E-state index is -1.11. The molecule has 0 fully saturated rings. The summed E-state index contributed by atoms with van der Waals surface area (Å²) in [4.78, 5) is 33.7. The number of aliphatic carboxylic acids is 1. The molecule has 0 aliphatic heterocycles. The van der Waals surface area contributed by atoms with E-state index in [-0.39, 0.29) is 12.3 Å². The molecule has 0 radical (unpaired) electrons. The van der Waals surface area contributed by atoms with Gasteiger partial charge in [0.1, 0.15) is 6.04 Å². The Morgan fingerprint density at radius 3 is 2.38 bits per heavy atom. The largest absolute Gasteiger partial charge is 0.480 e. The van der Waals surface area contributed by atoms with Gasteiger partial charge in [-0.25, -0.2) is 4.79 Å². The van der Waals surface area contributed by atoms with Gasteiger partial charge < -0.3 is 15.7 Å². The lowest BCUT2D eigenvalue weighted by molar-refractivity contribution is -0.139. The smallest absolute Gasteiger partial charge is 0.326 e. The molecule has 0 spiro atoms. The number of carboxylic acids is 1. The van der Waals surface area contributed by atoms with Crippen molar-refractivity contribution >= 4 is 17.8 Å². The van der Waals surface area contributed by atoms with E-state index in [1.54, 1.807) is 24.3 Å². The Labute approximate surface area is 122 Å². The molecule has 1 atom stereocenters. The summed E-state index contributed by atoms with van der Waals surface area (Å²) in [7, 11) is 0. The number of carbonyl (C=O) groups is 3. The fraction of sp³-hybridized carbons (Fsp3) is 0.267. The van der Waals surface area contributed by atoms with Gasteiger partial charge in [-0.1, -0.05) is 18.2 Å². The van der Waals surface area contributed by atoms with Crippen LogP contribution in [0.15, 0.2) is 36.9 Å². The van der Waals surface area contributed by atoms with Crippen molar-refractivity contribution in [2.75, 3.05) is 0 Å². The van der Waals surface area contributed by atoms with E-state index >= 15 is 0 Å². The summed E-state index contributed by atoms with van der Waals surface area (Å²) in [5.74, 6) is -1.70. The SMILES string of the molecule is C=CCC(NC(=O)c1ccc(CNC(C)=O)cc1)C(=O)O. The van der Waals surface area contributed by atoms with Crippen molar-refractivity contribution in [3.63, 3.8) is 0 Å². The third-order valence-corrected chi connectivity index (χ3v) is 2.76. The molecule has 6 nitrogen and oxygen atoms in total. The quantitative estimate of drug-likeness (QED) is 0.655. The van der Waals surface area contributed by atoms with Gasteiger partial charge in [0.2, 0.25) is 5.91 Å². The number of rotatable bonds is 7. The lowest BCUT2D eigenvalue weighted by Crippen LogP contribution is -2.40. The van der Waals surface area contributed by atoms with Crippen molar-refractivity contribution in [1.29, 1.82) is 0 Å². The van der Waals surface area contributed by atoms with Crippen LogP contribution in [-0.2, 0) is 16.1 Å². The van der Waals surface area contributed by atoms with Crippen molar-refractivity contribution in [3.05, 3.63) is 48.0 Å². The Morgan fingerprint density at radius 1 is 1.29 bits per heavy atom. The zero-order chi connectivity index (χ0) is 15.8. The lowest BCUT2D eigenvalue weighted by Gasteiger charge is -2.12. The van der Waals surface area contributed by atoms with Gasteiger partial charge in [-0.2, -0.15) is 0 Å². The first-order valence-electron chi connectivity index (χ1n) is 6.42. The predicted molar refractivity (Wildman–Crippen MR) is 77.7 cm³/mol. The first kappa shape index (κ1) is 16.4. The highest BCUT2D eigenvalue weighted by atomic mass is 16.4. The molecule has 0 aliphatic carbocycles. The van der Waals surface area contributed by atoms with Crippen LogP contribution in [0.4, 0.5) is 0 Å². The summed E-state index contributed by atoms with van der Waals surface area (Å²) in [6, 6.07) is 5.58. The summed E-state index contributed by atoms with van der Waals surface area (Å²) < 4.78 is 0. The van der Waals surface area contributed by atoms with Crippen LogP contribution in [0.3, 0.4) is 0 Å². The van der Waals surface area contributed by atoms with Gasteiger partial charge in [-0.05, 0) is 24.1 Å². The first-order valence-corrected chi connectivity index (χ1v) is 6.42. The van der Waals surface area contributed by atoms with E-state index < -0.39 is 17.9 Å². The van der Waals surface area contributed by atoms with Crippen LogP contribution in [0.25, 0.3) is 0 Å². The molecule has 2 amide bonds. The molecule has 1 aromatic rings. The maximum Gasteiger partial charge on any atom is 0.326 e. The monoisotopic (exact) mass is 290 g/mol. The van der Waals surface area contributed by atoms with Crippen LogP contribution < -0.4 is 10.6 Å². The molecule has 0 aliphatic rings. The second-order valence-corrected chi connectivity index (χ2v) is 4.50. The van der Waals surface area contributed by atoms with Crippen molar-refractivity contribution < 1.29 is 19.5 Å². The molecule has 6 heteroatoms. The first-order chi connectivity index (χ1) is 9.93. The van der Waals surface area contributed by atoms with E-state index in [2.05, 4.69) is 17.2 Å². The lowest BCUT2D eigenvalue weighted by atomic mass is 10.1. The molecule has 0 saturated heterocycles. The van der Waals surface area contributed by atoms with Gasteiger partial charge in [-0.15, -0.1) is 6.58 Å². The van der Waals surface area contributed by atoms with E-state index in [1.807, 2.05) is 0 Å². The fourth-order valence-corrected chi connectivity index (χ4v) is 1.63. The Bertz CT molecular complexity index is 537. The molecule has 0 bridgehead atoms. The standard InChI is InChI=1S/C15H18N2O4/c1-3-4-13(15(20)21)17-14(19)12-7-5-11(6-8-12)9-16-10(2)18/h3,5-8,13H,1,4,9H2,2H3,(H,16,18)(H,17,19)(H,20,21). The van der Waals surface area contributed by atoms with Gasteiger partial charge in [0.05, 0.1) is 0 Å². The highest BCUT2D eigenvalue weighted by Gasteiger charge is 2.18. The minimum absolute atomic E-state index is 0.134. The molecule has 3 N–H and O–H groups in total. The average molecular weight is 290 g/mol. The second kappa shape index (κ2) is 7.84. The molecular weight excluding hydrogens is 272 g/mol.